The second-order valence-electron chi connectivity index (χ2n) is 9.63. The molecule has 8 heteroatoms. The van der Waals surface area contributed by atoms with Crippen LogP contribution >= 0.6 is 0 Å². The van der Waals surface area contributed by atoms with E-state index in [1.165, 1.54) is 13.0 Å². The third-order valence-electron chi connectivity index (χ3n) is 6.26. The molecule has 2 amide bonds. The fourth-order valence-corrected chi connectivity index (χ4v) is 4.00. The Morgan fingerprint density at radius 1 is 0.973 bits per heavy atom. The monoisotopic (exact) mass is 514 g/mol. The summed E-state index contributed by atoms with van der Waals surface area (Å²) >= 11 is 0. The lowest BCUT2D eigenvalue weighted by Gasteiger charge is -2.43. The van der Waals surface area contributed by atoms with Crippen molar-refractivity contribution in [2.45, 2.75) is 77.3 Å². The van der Waals surface area contributed by atoms with Crippen LogP contribution in [0.2, 0.25) is 0 Å². The first kappa shape index (κ1) is 30.4. The van der Waals surface area contributed by atoms with Crippen molar-refractivity contribution in [2.75, 3.05) is 6.54 Å². The van der Waals surface area contributed by atoms with E-state index in [4.69, 9.17) is 9.47 Å². The van der Waals surface area contributed by atoms with Crippen molar-refractivity contribution >= 4 is 11.8 Å². The zero-order chi connectivity index (χ0) is 27.2. The summed E-state index contributed by atoms with van der Waals surface area (Å²) in [6, 6.07) is -0.891. The first-order valence-electron chi connectivity index (χ1n) is 12.9. The van der Waals surface area contributed by atoms with Gasteiger partial charge in [-0.15, -0.1) is 0 Å². The van der Waals surface area contributed by atoms with Crippen LogP contribution in [0.15, 0.2) is 72.9 Å². The fourth-order valence-electron chi connectivity index (χ4n) is 4.00. The number of hydrogen-bond acceptors (Lipinski definition) is 6. The molecule has 204 valence electrons. The lowest BCUT2D eigenvalue weighted by molar-refractivity contribution is -0.287. The molecule has 2 aliphatic rings. The normalized spacial score (nSPS) is 34.2. The van der Waals surface area contributed by atoms with Crippen LogP contribution in [0.3, 0.4) is 0 Å². The van der Waals surface area contributed by atoms with Gasteiger partial charge in [-0.3, -0.25) is 9.59 Å². The Balaban J connectivity index is 2.17. The molecule has 8 unspecified atom stereocenters. The SMILES string of the molecule is CC(=O)NC1C(O)C(C)OC(OC2CC=CC=CC=CC(=O)NCC(C)C=CC=CC=CCC2C)C1O. The fraction of sp³-hybridized carbons (Fsp3) is 0.517. The second kappa shape index (κ2) is 16.1. The van der Waals surface area contributed by atoms with Crippen LogP contribution in [0, 0.1) is 11.8 Å². The van der Waals surface area contributed by atoms with E-state index < -0.39 is 30.6 Å². The van der Waals surface area contributed by atoms with Gasteiger partial charge in [0, 0.05) is 19.5 Å². The van der Waals surface area contributed by atoms with E-state index in [0.29, 0.717) is 13.0 Å². The third-order valence-corrected chi connectivity index (χ3v) is 6.26. The standard InChI is InChI=1S/C29H42N2O6/c1-20-15-11-7-5-8-12-16-21(2)24(17-13-9-6-10-14-18-25(33)30-19-20)37-29-28(35)26(31-23(4)32)27(34)22(3)36-29/h5-15,18,20-22,24,26-29,34-35H,16-17,19H2,1-4H3,(H,30,33)(H,31,32). The molecule has 0 spiro atoms. The van der Waals surface area contributed by atoms with Gasteiger partial charge in [-0.1, -0.05) is 80.7 Å². The molecule has 0 aromatic carbocycles. The predicted octanol–water partition coefficient (Wildman–Crippen LogP) is 2.86. The lowest BCUT2D eigenvalue weighted by atomic mass is 9.95. The zero-order valence-corrected chi connectivity index (χ0v) is 22.2. The molecule has 2 heterocycles. The summed E-state index contributed by atoms with van der Waals surface area (Å²) < 4.78 is 12.0. The van der Waals surface area contributed by atoms with E-state index >= 15 is 0 Å². The van der Waals surface area contributed by atoms with Gasteiger partial charge in [-0.25, -0.2) is 0 Å². The van der Waals surface area contributed by atoms with Crippen molar-refractivity contribution in [3.63, 3.8) is 0 Å². The maximum Gasteiger partial charge on any atom is 0.243 e. The zero-order valence-electron chi connectivity index (χ0n) is 22.2. The van der Waals surface area contributed by atoms with Gasteiger partial charge in [0.2, 0.25) is 11.8 Å². The number of rotatable bonds is 3. The number of aliphatic hydroxyl groups excluding tert-OH is 2. The van der Waals surface area contributed by atoms with Gasteiger partial charge in [0.05, 0.1) is 18.2 Å². The molecule has 1 fully saturated rings. The van der Waals surface area contributed by atoms with E-state index in [1.807, 2.05) is 55.5 Å². The Labute approximate surface area is 220 Å². The maximum atomic E-state index is 11.9. The Hall–Kier alpha value is -2.78. The van der Waals surface area contributed by atoms with Crippen LogP contribution in [0.1, 0.15) is 40.5 Å². The van der Waals surface area contributed by atoms with E-state index in [-0.39, 0.29) is 29.8 Å². The van der Waals surface area contributed by atoms with Crippen molar-refractivity contribution in [2.24, 2.45) is 11.8 Å². The van der Waals surface area contributed by atoms with Gasteiger partial charge in [0.15, 0.2) is 6.29 Å². The molecular weight excluding hydrogens is 472 g/mol. The number of amides is 2. The molecular formula is C29H42N2O6. The summed E-state index contributed by atoms with van der Waals surface area (Å²) in [4.78, 5) is 23.5. The number of carbonyl (C=O) groups is 2. The van der Waals surface area contributed by atoms with Crippen LogP contribution in [-0.4, -0.2) is 65.3 Å². The molecule has 0 aromatic heterocycles. The molecule has 0 aromatic rings. The van der Waals surface area contributed by atoms with Gasteiger partial charge in [-0.05, 0) is 31.6 Å². The van der Waals surface area contributed by atoms with Gasteiger partial charge in [0.1, 0.15) is 12.2 Å². The molecule has 0 radical (unpaired) electrons. The number of ether oxygens (including phenoxy) is 2. The van der Waals surface area contributed by atoms with Crippen LogP contribution < -0.4 is 10.6 Å². The average molecular weight is 515 g/mol. The number of nitrogens with one attached hydrogen (secondary N) is 2. The Morgan fingerprint density at radius 3 is 2.32 bits per heavy atom. The van der Waals surface area contributed by atoms with E-state index in [9.17, 15) is 19.8 Å². The molecule has 0 saturated carbocycles. The quantitative estimate of drug-likeness (QED) is 0.460. The second-order valence-corrected chi connectivity index (χ2v) is 9.63. The summed E-state index contributed by atoms with van der Waals surface area (Å²) in [5, 5.41) is 26.7. The minimum atomic E-state index is -1.23. The van der Waals surface area contributed by atoms with Gasteiger partial charge in [-0.2, -0.15) is 0 Å². The molecule has 4 N–H and O–H groups in total. The van der Waals surface area contributed by atoms with Crippen LogP contribution in [0.5, 0.6) is 0 Å². The first-order chi connectivity index (χ1) is 17.7. The largest absolute Gasteiger partial charge is 0.388 e. The first-order valence-corrected chi connectivity index (χ1v) is 12.9. The smallest absolute Gasteiger partial charge is 0.243 e. The molecule has 37 heavy (non-hydrogen) atoms. The summed E-state index contributed by atoms with van der Waals surface area (Å²) in [7, 11) is 0. The minimum Gasteiger partial charge on any atom is -0.388 e. The number of allylic oxidation sites excluding steroid dienone is 9. The summed E-state index contributed by atoms with van der Waals surface area (Å²) in [5.74, 6) is -0.206. The summed E-state index contributed by atoms with van der Waals surface area (Å²) in [5.41, 5.74) is 0. The maximum absolute atomic E-state index is 11.9. The minimum absolute atomic E-state index is 0.0835. The summed E-state index contributed by atoms with van der Waals surface area (Å²) in [6.07, 6.45) is 19.6. The van der Waals surface area contributed by atoms with Crippen molar-refractivity contribution < 1.29 is 29.3 Å². The number of carbonyl (C=O) groups excluding carboxylic acids is 2. The molecule has 2 rings (SSSR count). The van der Waals surface area contributed by atoms with Crippen molar-refractivity contribution in [3.8, 4) is 0 Å². The third kappa shape index (κ3) is 11.0. The van der Waals surface area contributed by atoms with E-state index in [1.54, 1.807) is 19.1 Å². The molecule has 8 nitrogen and oxygen atoms in total. The van der Waals surface area contributed by atoms with Crippen molar-refractivity contribution in [3.05, 3.63) is 72.9 Å². The van der Waals surface area contributed by atoms with E-state index in [0.717, 1.165) is 6.42 Å². The molecule has 1 saturated heterocycles. The van der Waals surface area contributed by atoms with Crippen molar-refractivity contribution in [1.29, 1.82) is 0 Å². The van der Waals surface area contributed by atoms with Gasteiger partial charge >= 0.3 is 0 Å². The molecule has 0 aliphatic carbocycles. The van der Waals surface area contributed by atoms with Crippen LogP contribution in [0.4, 0.5) is 0 Å². The molecule has 0 bridgehead atoms. The molecule has 2 aliphatic heterocycles. The van der Waals surface area contributed by atoms with Gasteiger partial charge < -0.3 is 30.3 Å². The van der Waals surface area contributed by atoms with Crippen LogP contribution in [-0.2, 0) is 19.1 Å². The summed E-state index contributed by atoms with van der Waals surface area (Å²) in [6.45, 7) is 7.69. The number of hydrogen-bond donors (Lipinski definition) is 4. The predicted molar refractivity (Wildman–Crippen MR) is 144 cm³/mol. The average Bonchev–Trinajstić information content (AvgIpc) is 2.85. The van der Waals surface area contributed by atoms with Gasteiger partial charge in [0.25, 0.3) is 0 Å². The lowest BCUT2D eigenvalue weighted by Crippen LogP contribution is -2.64. The Morgan fingerprint density at radius 2 is 1.62 bits per heavy atom. The van der Waals surface area contributed by atoms with Crippen LogP contribution in [0.25, 0.3) is 0 Å². The Kier molecular flexibility index (Phi) is 13.3. The topological polar surface area (TPSA) is 117 Å². The molecule has 8 atom stereocenters. The highest BCUT2D eigenvalue weighted by atomic mass is 16.7. The Bertz CT molecular complexity index is 906. The van der Waals surface area contributed by atoms with Crippen molar-refractivity contribution in [1.82, 2.24) is 10.6 Å². The van der Waals surface area contributed by atoms with E-state index in [2.05, 4.69) is 23.6 Å². The number of aliphatic hydroxyl groups is 2. The highest BCUT2D eigenvalue weighted by Crippen LogP contribution is 2.27. The highest BCUT2D eigenvalue weighted by molar-refractivity contribution is 5.87. The highest BCUT2D eigenvalue weighted by Gasteiger charge is 2.44.